The molecule has 1 saturated heterocycles. The first-order valence-corrected chi connectivity index (χ1v) is 9.76. The van der Waals surface area contributed by atoms with Crippen LogP contribution < -0.4 is 9.80 Å². The minimum absolute atomic E-state index is 0.00856. The molecule has 0 bridgehead atoms. The number of benzene rings is 1. The smallest absolute Gasteiger partial charge is 0.248 e. The molecule has 3 amide bonds. The molecule has 0 radical (unpaired) electrons. The molecule has 150 valence electrons. The Labute approximate surface area is 164 Å². The van der Waals surface area contributed by atoms with E-state index < -0.39 is 17.5 Å². The first-order valence-electron chi connectivity index (χ1n) is 8.94. The number of rotatable bonds is 7. The summed E-state index contributed by atoms with van der Waals surface area (Å²) in [5.41, 5.74) is -0.00856. The molecule has 2 aromatic rings. The van der Waals surface area contributed by atoms with E-state index in [9.17, 15) is 23.2 Å². The van der Waals surface area contributed by atoms with Gasteiger partial charge in [0.15, 0.2) is 10.9 Å². The first-order chi connectivity index (χ1) is 13.3. The summed E-state index contributed by atoms with van der Waals surface area (Å²) in [6, 6.07) is 1.91. The summed E-state index contributed by atoms with van der Waals surface area (Å²) >= 11 is 0.999. The second-order valence-corrected chi connectivity index (χ2v) is 7.97. The van der Waals surface area contributed by atoms with Gasteiger partial charge in [0, 0.05) is 31.9 Å². The van der Waals surface area contributed by atoms with Crippen LogP contribution in [0.25, 0.3) is 10.2 Å². The van der Waals surface area contributed by atoms with Gasteiger partial charge in [-0.2, -0.15) is 0 Å². The lowest BCUT2D eigenvalue weighted by atomic mass is 10.3. The van der Waals surface area contributed by atoms with E-state index in [-0.39, 0.29) is 46.5 Å². The number of fused-ring (bicyclic) bond motifs is 1. The molecule has 7 nitrogen and oxygen atoms in total. The highest BCUT2D eigenvalue weighted by Gasteiger charge is 2.33. The van der Waals surface area contributed by atoms with Gasteiger partial charge in [-0.25, -0.2) is 13.8 Å². The Bertz CT molecular complexity index is 915. The Hall–Kier alpha value is -2.46. The van der Waals surface area contributed by atoms with Gasteiger partial charge < -0.3 is 4.90 Å². The van der Waals surface area contributed by atoms with Crippen LogP contribution in [0.2, 0.25) is 0 Å². The molecule has 0 saturated carbocycles. The Kier molecular flexibility index (Phi) is 5.99. The second kappa shape index (κ2) is 8.27. The zero-order chi connectivity index (χ0) is 20.4. The molecule has 2 heterocycles. The number of aromatic nitrogens is 1. The highest BCUT2D eigenvalue weighted by molar-refractivity contribution is 7.22. The van der Waals surface area contributed by atoms with Crippen molar-refractivity contribution in [1.29, 1.82) is 0 Å². The van der Waals surface area contributed by atoms with Crippen molar-refractivity contribution in [2.24, 2.45) is 0 Å². The van der Waals surface area contributed by atoms with Crippen LogP contribution in [0.15, 0.2) is 12.1 Å². The van der Waals surface area contributed by atoms with Crippen molar-refractivity contribution in [1.82, 2.24) is 9.88 Å². The van der Waals surface area contributed by atoms with Gasteiger partial charge in [0.05, 0.1) is 25.3 Å². The monoisotopic (exact) mass is 411 g/mol. The van der Waals surface area contributed by atoms with Crippen molar-refractivity contribution in [3.63, 3.8) is 0 Å². The van der Waals surface area contributed by atoms with Crippen molar-refractivity contribution in [2.45, 2.75) is 19.3 Å². The summed E-state index contributed by atoms with van der Waals surface area (Å²) in [6.45, 7) is 0.697. The summed E-state index contributed by atoms with van der Waals surface area (Å²) in [6.07, 6.45) is 0.839. The van der Waals surface area contributed by atoms with Gasteiger partial charge in [-0.3, -0.25) is 24.2 Å². The fourth-order valence-electron chi connectivity index (χ4n) is 3.00. The third-order valence-electron chi connectivity index (χ3n) is 4.44. The number of carbonyl (C=O) groups excluding carboxylic acids is 3. The molecule has 28 heavy (non-hydrogen) atoms. The van der Waals surface area contributed by atoms with Crippen LogP contribution in [-0.4, -0.2) is 61.3 Å². The number of nitrogens with zero attached hydrogens (tertiary/aromatic N) is 3. The standard InChI is InChI=1S/C18H20F2N4O3S/c1-22(2)6-3-7-23(16(27)10-24-14(25)4-5-15(24)26)18-21-17-12(20)8-11(19)9-13(17)28-18/h8-9H,3-7,10H2,1-2H3/p+1. The number of imide groups is 1. The fourth-order valence-corrected chi connectivity index (χ4v) is 4.05. The number of halogens is 2. The molecular weight excluding hydrogens is 390 g/mol. The number of thiazole rings is 1. The minimum Gasteiger partial charge on any atom is -0.340 e. The van der Waals surface area contributed by atoms with Crippen LogP contribution in [0.1, 0.15) is 19.3 Å². The molecule has 1 aromatic heterocycles. The fraction of sp³-hybridized carbons (Fsp3) is 0.444. The Balaban J connectivity index is 1.87. The van der Waals surface area contributed by atoms with Gasteiger partial charge in [-0.05, 0) is 6.07 Å². The maximum Gasteiger partial charge on any atom is 0.248 e. The van der Waals surface area contributed by atoms with Crippen LogP contribution in [0.5, 0.6) is 0 Å². The van der Waals surface area contributed by atoms with Crippen molar-refractivity contribution in [3.05, 3.63) is 23.8 Å². The van der Waals surface area contributed by atoms with Crippen LogP contribution in [0, 0.1) is 11.6 Å². The lowest BCUT2D eigenvalue weighted by Crippen LogP contribution is -3.05. The Morgan fingerprint density at radius 2 is 1.93 bits per heavy atom. The number of amides is 3. The molecule has 1 aliphatic rings. The van der Waals surface area contributed by atoms with Gasteiger partial charge in [0.2, 0.25) is 17.7 Å². The van der Waals surface area contributed by atoms with E-state index >= 15 is 0 Å². The molecular formula is C18H21F2N4O3S+. The Morgan fingerprint density at radius 3 is 2.57 bits per heavy atom. The largest absolute Gasteiger partial charge is 0.340 e. The molecule has 3 rings (SSSR count). The number of quaternary nitrogens is 1. The predicted octanol–water partition coefficient (Wildman–Crippen LogP) is 0.591. The number of anilines is 1. The summed E-state index contributed by atoms with van der Waals surface area (Å²) in [4.78, 5) is 44.2. The van der Waals surface area contributed by atoms with Crippen molar-refractivity contribution in [2.75, 3.05) is 38.6 Å². The van der Waals surface area contributed by atoms with E-state index in [1.165, 1.54) is 15.9 Å². The molecule has 1 aromatic carbocycles. The van der Waals surface area contributed by atoms with Gasteiger partial charge in [-0.1, -0.05) is 11.3 Å². The SMILES string of the molecule is C[NH+](C)CCCN(C(=O)CN1C(=O)CCC1=O)c1nc2c(F)cc(F)cc2s1. The van der Waals surface area contributed by atoms with E-state index in [0.717, 1.165) is 28.8 Å². The van der Waals surface area contributed by atoms with Crippen LogP contribution >= 0.6 is 11.3 Å². The molecule has 0 aliphatic carbocycles. The topological polar surface area (TPSA) is 75.0 Å². The van der Waals surface area contributed by atoms with Gasteiger partial charge in [0.1, 0.15) is 17.9 Å². The minimum atomic E-state index is -0.799. The second-order valence-electron chi connectivity index (χ2n) is 6.96. The van der Waals surface area contributed by atoms with E-state index in [1.54, 1.807) is 0 Å². The van der Waals surface area contributed by atoms with Gasteiger partial charge in [0.25, 0.3) is 0 Å². The predicted molar refractivity (Wildman–Crippen MR) is 100 cm³/mol. The first kappa shape index (κ1) is 20.3. The third-order valence-corrected chi connectivity index (χ3v) is 5.47. The lowest BCUT2D eigenvalue weighted by Gasteiger charge is -2.22. The number of likely N-dealkylation sites (tertiary alicyclic amines) is 1. The Morgan fingerprint density at radius 1 is 1.25 bits per heavy atom. The molecule has 1 N–H and O–H groups in total. The number of carbonyl (C=O) groups is 3. The third kappa shape index (κ3) is 4.33. The lowest BCUT2D eigenvalue weighted by molar-refractivity contribution is -0.858. The van der Waals surface area contributed by atoms with Crippen LogP contribution in [0.3, 0.4) is 0 Å². The normalized spacial score (nSPS) is 14.5. The molecule has 1 aliphatic heterocycles. The molecule has 10 heteroatoms. The van der Waals surface area contributed by atoms with Crippen LogP contribution in [0.4, 0.5) is 13.9 Å². The van der Waals surface area contributed by atoms with E-state index in [0.29, 0.717) is 13.0 Å². The zero-order valence-corrected chi connectivity index (χ0v) is 16.4. The van der Waals surface area contributed by atoms with Gasteiger partial charge in [-0.15, -0.1) is 0 Å². The maximum atomic E-state index is 14.0. The quantitative estimate of drug-likeness (QED) is 0.677. The van der Waals surface area contributed by atoms with Crippen molar-refractivity contribution in [3.8, 4) is 0 Å². The summed E-state index contributed by atoms with van der Waals surface area (Å²) < 4.78 is 27.8. The molecule has 1 fully saturated rings. The zero-order valence-electron chi connectivity index (χ0n) is 15.6. The molecule has 0 unspecified atom stereocenters. The van der Waals surface area contributed by atoms with E-state index in [2.05, 4.69) is 4.98 Å². The van der Waals surface area contributed by atoms with Crippen molar-refractivity contribution >= 4 is 44.4 Å². The average molecular weight is 411 g/mol. The summed E-state index contributed by atoms with van der Waals surface area (Å²) in [7, 11) is 3.95. The molecule has 0 spiro atoms. The average Bonchev–Trinajstić information content (AvgIpc) is 3.16. The molecule has 0 atom stereocenters. The van der Waals surface area contributed by atoms with Crippen molar-refractivity contribution < 1.29 is 28.1 Å². The maximum absolute atomic E-state index is 14.0. The van der Waals surface area contributed by atoms with E-state index in [4.69, 9.17) is 0 Å². The number of hydrogen-bond donors (Lipinski definition) is 1. The van der Waals surface area contributed by atoms with Crippen LogP contribution in [-0.2, 0) is 14.4 Å². The van der Waals surface area contributed by atoms with Gasteiger partial charge >= 0.3 is 0 Å². The summed E-state index contributed by atoms with van der Waals surface area (Å²) in [5, 5.41) is 0.220. The highest BCUT2D eigenvalue weighted by atomic mass is 32.1. The summed E-state index contributed by atoms with van der Waals surface area (Å²) in [5.74, 6) is -2.76. The number of nitrogens with one attached hydrogen (secondary N) is 1. The highest BCUT2D eigenvalue weighted by Crippen LogP contribution is 2.31. The van der Waals surface area contributed by atoms with E-state index in [1.807, 2.05) is 14.1 Å². The number of hydrogen-bond acceptors (Lipinski definition) is 5.